The van der Waals surface area contributed by atoms with E-state index in [9.17, 15) is 9.59 Å². The average Bonchev–Trinajstić information content (AvgIpc) is 2.62. The number of ether oxygens (including phenoxy) is 1. The first kappa shape index (κ1) is 18.8. The van der Waals surface area contributed by atoms with E-state index < -0.39 is 0 Å². The minimum absolute atomic E-state index is 0.0233. The molecule has 0 radical (unpaired) electrons. The molecule has 132 valence electrons. The summed E-state index contributed by atoms with van der Waals surface area (Å²) in [5.41, 5.74) is 1.78. The van der Waals surface area contributed by atoms with Gasteiger partial charge in [0.2, 0.25) is 5.91 Å². The number of hydrogen-bond donors (Lipinski definition) is 2. The van der Waals surface area contributed by atoms with Crippen molar-refractivity contribution in [3.63, 3.8) is 0 Å². The lowest BCUT2D eigenvalue weighted by atomic mass is 10.3. The zero-order chi connectivity index (χ0) is 17.9. The summed E-state index contributed by atoms with van der Waals surface area (Å²) in [6.07, 6.45) is 3.52. The van der Waals surface area contributed by atoms with Crippen molar-refractivity contribution in [3.8, 4) is 5.75 Å². The van der Waals surface area contributed by atoms with Crippen LogP contribution >= 0.6 is 11.8 Å². The van der Waals surface area contributed by atoms with Crippen LogP contribution in [-0.4, -0.2) is 35.7 Å². The SMILES string of the molecule is CCNC(=O)COc1ccc(NC(=O)CSCc2cccnc2)cc1. The van der Waals surface area contributed by atoms with Gasteiger partial charge in [-0.2, -0.15) is 0 Å². The van der Waals surface area contributed by atoms with Crippen LogP contribution in [0.3, 0.4) is 0 Å². The number of thioether (sulfide) groups is 1. The standard InChI is InChI=1S/C18H21N3O3S/c1-2-20-17(22)11-24-16-7-5-15(6-8-16)21-18(23)13-25-12-14-4-3-9-19-10-14/h3-10H,2,11-13H2,1H3,(H,20,22)(H,21,23). The van der Waals surface area contributed by atoms with Crippen LogP contribution < -0.4 is 15.4 Å². The number of carbonyl (C=O) groups is 2. The quantitative estimate of drug-likeness (QED) is 0.719. The fraction of sp³-hybridized carbons (Fsp3) is 0.278. The van der Waals surface area contributed by atoms with Gasteiger partial charge in [-0.3, -0.25) is 14.6 Å². The van der Waals surface area contributed by atoms with Gasteiger partial charge in [0, 0.05) is 30.4 Å². The van der Waals surface area contributed by atoms with Crippen LogP contribution in [0.1, 0.15) is 12.5 Å². The molecule has 1 heterocycles. The summed E-state index contributed by atoms with van der Waals surface area (Å²) in [6.45, 7) is 2.40. The monoisotopic (exact) mass is 359 g/mol. The Kier molecular flexibility index (Phi) is 7.78. The Labute approximate surface area is 151 Å². The van der Waals surface area contributed by atoms with E-state index in [1.807, 2.05) is 19.1 Å². The van der Waals surface area contributed by atoms with Crippen LogP contribution in [0.25, 0.3) is 0 Å². The predicted molar refractivity (Wildman–Crippen MR) is 99.6 cm³/mol. The van der Waals surface area contributed by atoms with Crippen molar-refractivity contribution in [1.29, 1.82) is 0 Å². The van der Waals surface area contributed by atoms with Crippen LogP contribution in [0.5, 0.6) is 5.75 Å². The fourth-order valence-electron chi connectivity index (χ4n) is 1.97. The molecule has 0 saturated carbocycles. The number of pyridine rings is 1. The van der Waals surface area contributed by atoms with Gasteiger partial charge in [0.25, 0.3) is 5.91 Å². The van der Waals surface area contributed by atoms with E-state index in [0.29, 0.717) is 23.7 Å². The predicted octanol–water partition coefficient (Wildman–Crippen LogP) is 2.47. The Hall–Kier alpha value is -2.54. The number of aromatic nitrogens is 1. The Bertz CT molecular complexity index is 678. The van der Waals surface area contributed by atoms with Gasteiger partial charge in [0.1, 0.15) is 5.75 Å². The number of nitrogens with zero attached hydrogens (tertiary/aromatic N) is 1. The number of benzene rings is 1. The second-order valence-corrected chi connectivity index (χ2v) is 6.15. The molecule has 0 spiro atoms. The molecule has 2 aromatic rings. The summed E-state index contributed by atoms with van der Waals surface area (Å²) in [4.78, 5) is 27.3. The van der Waals surface area contributed by atoms with Crippen molar-refractivity contribution in [1.82, 2.24) is 10.3 Å². The van der Waals surface area contributed by atoms with E-state index in [0.717, 1.165) is 11.3 Å². The van der Waals surface area contributed by atoms with Crippen molar-refractivity contribution >= 4 is 29.3 Å². The second kappa shape index (κ2) is 10.4. The molecule has 25 heavy (non-hydrogen) atoms. The molecule has 0 aliphatic carbocycles. The summed E-state index contributed by atoms with van der Waals surface area (Å²) in [5, 5.41) is 5.49. The maximum absolute atomic E-state index is 11.9. The normalized spacial score (nSPS) is 10.1. The molecule has 0 unspecified atom stereocenters. The number of rotatable bonds is 9. The lowest BCUT2D eigenvalue weighted by molar-refractivity contribution is -0.123. The molecular weight excluding hydrogens is 338 g/mol. The fourth-order valence-corrected chi connectivity index (χ4v) is 2.74. The van der Waals surface area contributed by atoms with Crippen LogP contribution in [0.4, 0.5) is 5.69 Å². The minimum atomic E-state index is -0.162. The first-order chi connectivity index (χ1) is 12.2. The largest absolute Gasteiger partial charge is 0.484 e. The molecule has 0 aliphatic heterocycles. The average molecular weight is 359 g/mol. The Morgan fingerprint density at radius 1 is 1.16 bits per heavy atom. The molecule has 1 aromatic heterocycles. The van der Waals surface area contributed by atoms with Gasteiger partial charge in [0.15, 0.2) is 6.61 Å². The van der Waals surface area contributed by atoms with Crippen molar-refractivity contribution in [2.75, 3.05) is 24.2 Å². The summed E-state index contributed by atoms with van der Waals surface area (Å²) in [5.74, 6) is 1.46. The number of nitrogens with one attached hydrogen (secondary N) is 2. The van der Waals surface area contributed by atoms with E-state index in [1.54, 1.807) is 36.7 Å². The number of anilines is 1. The Morgan fingerprint density at radius 2 is 1.96 bits per heavy atom. The van der Waals surface area contributed by atoms with E-state index in [-0.39, 0.29) is 18.4 Å². The molecule has 0 saturated heterocycles. The third kappa shape index (κ3) is 7.26. The Morgan fingerprint density at radius 3 is 2.64 bits per heavy atom. The van der Waals surface area contributed by atoms with Gasteiger partial charge in [-0.25, -0.2) is 0 Å². The van der Waals surface area contributed by atoms with Crippen molar-refractivity contribution in [2.24, 2.45) is 0 Å². The van der Waals surface area contributed by atoms with E-state index >= 15 is 0 Å². The van der Waals surface area contributed by atoms with Gasteiger partial charge < -0.3 is 15.4 Å². The van der Waals surface area contributed by atoms with Gasteiger partial charge in [-0.1, -0.05) is 6.07 Å². The highest BCUT2D eigenvalue weighted by Gasteiger charge is 2.05. The first-order valence-electron chi connectivity index (χ1n) is 7.93. The van der Waals surface area contributed by atoms with Crippen molar-refractivity contribution in [2.45, 2.75) is 12.7 Å². The van der Waals surface area contributed by atoms with E-state index in [1.165, 1.54) is 11.8 Å². The maximum Gasteiger partial charge on any atom is 0.257 e. The molecule has 0 aliphatic rings. The highest BCUT2D eigenvalue weighted by molar-refractivity contribution is 7.99. The molecule has 2 rings (SSSR count). The van der Waals surface area contributed by atoms with Crippen molar-refractivity contribution in [3.05, 3.63) is 54.4 Å². The van der Waals surface area contributed by atoms with Crippen molar-refractivity contribution < 1.29 is 14.3 Å². The van der Waals surface area contributed by atoms with E-state index in [2.05, 4.69) is 15.6 Å². The summed E-state index contributed by atoms with van der Waals surface area (Å²) in [6, 6.07) is 10.8. The van der Waals surface area contributed by atoms with Crippen LogP contribution in [0.15, 0.2) is 48.8 Å². The number of carbonyl (C=O) groups excluding carboxylic acids is 2. The molecule has 6 nitrogen and oxygen atoms in total. The van der Waals surface area contributed by atoms with Gasteiger partial charge >= 0.3 is 0 Å². The van der Waals surface area contributed by atoms with Gasteiger partial charge in [-0.05, 0) is 42.8 Å². The van der Waals surface area contributed by atoms with Crippen LogP contribution in [0, 0.1) is 0 Å². The maximum atomic E-state index is 11.9. The molecule has 1 aromatic carbocycles. The summed E-state index contributed by atoms with van der Waals surface area (Å²) in [7, 11) is 0. The summed E-state index contributed by atoms with van der Waals surface area (Å²) >= 11 is 1.53. The molecule has 0 fully saturated rings. The van der Waals surface area contributed by atoms with Gasteiger partial charge in [-0.15, -0.1) is 11.8 Å². The third-order valence-electron chi connectivity index (χ3n) is 3.11. The Balaban J connectivity index is 1.71. The number of hydrogen-bond acceptors (Lipinski definition) is 5. The molecular formula is C18H21N3O3S. The van der Waals surface area contributed by atoms with Crippen LogP contribution in [0.2, 0.25) is 0 Å². The first-order valence-corrected chi connectivity index (χ1v) is 9.09. The molecule has 2 N–H and O–H groups in total. The minimum Gasteiger partial charge on any atom is -0.484 e. The number of amides is 2. The molecule has 0 atom stereocenters. The summed E-state index contributed by atoms with van der Waals surface area (Å²) < 4.78 is 5.36. The third-order valence-corrected chi connectivity index (χ3v) is 4.11. The van der Waals surface area contributed by atoms with Gasteiger partial charge in [0.05, 0.1) is 5.75 Å². The lowest BCUT2D eigenvalue weighted by Gasteiger charge is -2.08. The zero-order valence-corrected chi connectivity index (χ0v) is 14.8. The highest BCUT2D eigenvalue weighted by atomic mass is 32.2. The number of likely N-dealkylation sites (N-methyl/N-ethyl adjacent to an activating group) is 1. The molecule has 0 bridgehead atoms. The highest BCUT2D eigenvalue weighted by Crippen LogP contribution is 2.16. The van der Waals surface area contributed by atoms with Crippen LogP contribution in [-0.2, 0) is 15.3 Å². The topological polar surface area (TPSA) is 80.3 Å². The molecule has 2 amide bonds. The van der Waals surface area contributed by atoms with E-state index in [4.69, 9.17) is 4.74 Å². The zero-order valence-electron chi connectivity index (χ0n) is 14.0. The molecule has 7 heteroatoms. The lowest BCUT2D eigenvalue weighted by Crippen LogP contribution is -2.28. The second-order valence-electron chi connectivity index (χ2n) is 5.17. The smallest absolute Gasteiger partial charge is 0.257 e.